The van der Waals surface area contributed by atoms with Gasteiger partial charge in [-0.05, 0) is 27.2 Å². The lowest BCUT2D eigenvalue weighted by molar-refractivity contribution is -0.139. The summed E-state index contributed by atoms with van der Waals surface area (Å²) >= 11 is 0. The smallest absolute Gasteiger partial charge is 0.309 e. The maximum absolute atomic E-state index is 11.1. The largest absolute Gasteiger partial charge is 0.382 e. The van der Waals surface area contributed by atoms with Gasteiger partial charge in [-0.2, -0.15) is 0 Å². The van der Waals surface area contributed by atoms with Crippen molar-refractivity contribution in [3.63, 3.8) is 0 Å². The Bertz CT molecular complexity index is 205. The van der Waals surface area contributed by atoms with Gasteiger partial charge in [-0.15, -0.1) is 0 Å². The lowest BCUT2D eigenvalue weighted by Gasteiger charge is -2.08. The van der Waals surface area contributed by atoms with Gasteiger partial charge in [0.2, 0.25) is 0 Å². The fourth-order valence-electron chi connectivity index (χ4n) is 0.929. The van der Waals surface area contributed by atoms with E-state index in [2.05, 4.69) is 10.6 Å². The molecule has 0 bridgehead atoms. The van der Waals surface area contributed by atoms with Crippen molar-refractivity contribution in [2.45, 2.75) is 33.2 Å². The molecule has 0 aromatic rings. The highest BCUT2D eigenvalue weighted by atomic mass is 16.5. The van der Waals surface area contributed by atoms with Crippen LogP contribution in [0.3, 0.4) is 0 Å². The number of ether oxygens (including phenoxy) is 1. The maximum Gasteiger partial charge on any atom is 0.309 e. The molecular weight excluding hydrogens is 196 g/mol. The monoisotopic (exact) mass is 216 g/mol. The number of hydrogen-bond donors (Lipinski definition) is 2. The van der Waals surface area contributed by atoms with E-state index in [-0.39, 0.29) is 6.04 Å². The van der Waals surface area contributed by atoms with Crippen LogP contribution in [0.4, 0.5) is 0 Å². The van der Waals surface area contributed by atoms with Crippen molar-refractivity contribution < 1.29 is 14.3 Å². The van der Waals surface area contributed by atoms with Gasteiger partial charge in [0.1, 0.15) is 0 Å². The molecule has 15 heavy (non-hydrogen) atoms. The predicted octanol–water partition coefficient (Wildman–Crippen LogP) is 0.0538. The third-order valence-corrected chi connectivity index (χ3v) is 1.58. The molecule has 88 valence electrons. The summed E-state index contributed by atoms with van der Waals surface area (Å²) in [6.07, 6.45) is 0.717. The molecule has 0 saturated carbocycles. The molecule has 0 saturated heterocycles. The van der Waals surface area contributed by atoms with Crippen LogP contribution in [0.15, 0.2) is 0 Å². The zero-order chi connectivity index (χ0) is 11.7. The van der Waals surface area contributed by atoms with Gasteiger partial charge in [-0.3, -0.25) is 9.59 Å². The fraction of sp³-hybridized carbons (Fsp3) is 0.800. The van der Waals surface area contributed by atoms with E-state index in [1.54, 1.807) is 13.8 Å². The van der Waals surface area contributed by atoms with Crippen LogP contribution in [0, 0.1) is 0 Å². The van der Waals surface area contributed by atoms with Crippen molar-refractivity contribution in [2.75, 3.05) is 19.8 Å². The van der Waals surface area contributed by atoms with Crippen molar-refractivity contribution in [1.82, 2.24) is 10.6 Å². The Morgan fingerprint density at radius 3 is 2.47 bits per heavy atom. The Balaban J connectivity index is 3.52. The topological polar surface area (TPSA) is 67.4 Å². The van der Waals surface area contributed by atoms with E-state index >= 15 is 0 Å². The SMILES string of the molecule is CCOCCCNC(=O)C(=O)NC(C)C. The molecule has 0 atom stereocenters. The first-order valence-electron chi connectivity index (χ1n) is 5.24. The minimum Gasteiger partial charge on any atom is -0.382 e. The van der Waals surface area contributed by atoms with Crippen LogP contribution in [0.2, 0.25) is 0 Å². The van der Waals surface area contributed by atoms with E-state index in [9.17, 15) is 9.59 Å². The standard InChI is InChI=1S/C10H20N2O3/c1-4-15-7-5-6-11-9(13)10(14)12-8(2)3/h8H,4-7H2,1-3H3,(H,11,13)(H,12,14). The number of carbonyl (C=O) groups is 2. The summed E-state index contributed by atoms with van der Waals surface area (Å²) in [4.78, 5) is 22.3. The van der Waals surface area contributed by atoms with Crippen LogP contribution < -0.4 is 10.6 Å². The quantitative estimate of drug-likeness (QED) is 0.487. The average Bonchev–Trinajstić information content (AvgIpc) is 2.16. The summed E-state index contributed by atoms with van der Waals surface area (Å²) in [6.45, 7) is 7.25. The third kappa shape index (κ3) is 7.93. The minimum absolute atomic E-state index is 0.0216. The normalized spacial score (nSPS) is 10.1. The first-order valence-corrected chi connectivity index (χ1v) is 5.24. The molecule has 0 aliphatic heterocycles. The second kappa shape index (κ2) is 8.23. The Labute approximate surface area is 90.6 Å². The molecule has 0 aliphatic carbocycles. The summed E-state index contributed by atoms with van der Waals surface area (Å²) < 4.78 is 5.09. The first kappa shape index (κ1) is 13.9. The van der Waals surface area contributed by atoms with Crippen LogP contribution in [-0.4, -0.2) is 37.6 Å². The van der Waals surface area contributed by atoms with Crippen molar-refractivity contribution in [2.24, 2.45) is 0 Å². The molecule has 5 heteroatoms. The van der Waals surface area contributed by atoms with Gasteiger partial charge in [0.05, 0.1) is 0 Å². The molecule has 0 spiro atoms. The Morgan fingerprint density at radius 1 is 1.27 bits per heavy atom. The summed E-state index contributed by atoms with van der Waals surface area (Å²) in [7, 11) is 0. The van der Waals surface area contributed by atoms with Crippen LogP contribution in [0.5, 0.6) is 0 Å². The highest BCUT2D eigenvalue weighted by molar-refractivity contribution is 6.35. The first-order chi connectivity index (χ1) is 7.07. The van der Waals surface area contributed by atoms with Gasteiger partial charge in [0.15, 0.2) is 0 Å². The molecule has 0 aromatic heterocycles. The molecule has 0 fully saturated rings. The summed E-state index contributed by atoms with van der Waals surface area (Å²) in [6, 6.07) is -0.0216. The lowest BCUT2D eigenvalue weighted by atomic mass is 10.3. The molecule has 5 nitrogen and oxygen atoms in total. The second-order valence-corrected chi connectivity index (χ2v) is 3.43. The van der Waals surface area contributed by atoms with E-state index in [1.807, 2.05) is 6.92 Å². The zero-order valence-electron chi connectivity index (χ0n) is 9.63. The van der Waals surface area contributed by atoms with Gasteiger partial charge in [-0.25, -0.2) is 0 Å². The molecule has 2 amide bonds. The zero-order valence-corrected chi connectivity index (χ0v) is 9.63. The molecule has 0 aliphatic rings. The molecule has 0 radical (unpaired) electrons. The Hall–Kier alpha value is -1.10. The highest BCUT2D eigenvalue weighted by Gasteiger charge is 2.12. The second-order valence-electron chi connectivity index (χ2n) is 3.43. The van der Waals surface area contributed by atoms with Gasteiger partial charge in [0.25, 0.3) is 0 Å². The van der Waals surface area contributed by atoms with E-state index < -0.39 is 11.8 Å². The van der Waals surface area contributed by atoms with Crippen molar-refractivity contribution in [1.29, 1.82) is 0 Å². The number of carbonyl (C=O) groups excluding carboxylic acids is 2. The highest BCUT2D eigenvalue weighted by Crippen LogP contribution is 1.81. The third-order valence-electron chi connectivity index (χ3n) is 1.58. The number of amides is 2. The maximum atomic E-state index is 11.1. The van der Waals surface area contributed by atoms with Gasteiger partial charge in [-0.1, -0.05) is 0 Å². The fourth-order valence-corrected chi connectivity index (χ4v) is 0.929. The van der Waals surface area contributed by atoms with Crippen LogP contribution >= 0.6 is 0 Å². The summed E-state index contributed by atoms with van der Waals surface area (Å²) in [5, 5.41) is 5.03. The molecule has 2 N–H and O–H groups in total. The molecule has 0 unspecified atom stereocenters. The van der Waals surface area contributed by atoms with Crippen molar-refractivity contribution >= 4 is 11.8 Å². The van der Waals surface area contributed by atoms with E-state index in [0.29, 0.717) is 26.2 Å². The molecule has 0 rings (SSSR count). The van der Waals surface area contributed by atoms with E-state index in [4.69, 9.17) is 4.74 Å². The number of hydrogen-bond acceptors (Lipinski definition) is 3. The Morgan fingerprint density at radius 2 is 1.93 bits per heavy atom. The molecular formula is C10H20N2O3. The van der Waals surface area contributed by atoms with Crippen LogP contribution in [-0.2, 0) is 14.3 Å². The number of nitrogens with one attached hydrogen (secondary N) is 2. The van der Waals surface area contributed by atoms with Crippen LogP contribution in [0.25, 0.3) is 0 Å². The van der Waals surface area contributed by atoms with Gasteiger partial charge < -0.3 is 15.4 Å². The predicted molar refractivity (Wildman–Crippen MR) is 57.4 cm³/mol. The summed E-state index contributed by atoms with van der Waals surface area (Å²) in [5.41, 5.74) is 0. The van der Waals surface area contributed by atoms with E-state index in [0.717, 1.165) is 0 Å². The van der Waals surface area contributed by atoms with Crippen LogP contribution in [0.1, 0.15) is 27.2 Å². The molecule has 0 aromatic carbocycles. The lowest BCUT2D eigenvalue weighted by Crippen LogP contribution is -2.43. The van der Waals surface area contributed by atoms with E-state index in [1.165, 1.54) is 0 Å². The summed E-state index contributed by atoms with van der Waals surface area (Å²) in [5.74, 6) is -1.17. The van der Waals surface area contributed by atoms with Crippen molar-refractivity contribution in [3.8, 4) is 0 Å². The number of rotatable bonds is 6. The molecule has 0 heterocycles. The minimum atomic E-state index is -0.583. The van der Waals surface area contributed by atoms with Crippen molar-refractivity contribution in [3.05, 3.63) is 0 Å². The van der Waals surface area contributed by atoms with Gasteiger partial charge >= 0.3 is 11.8 Å². The van der Waals surface area contributed by atoms with Gasteiger partial charge in [0, 0.05) is 25.8 Å². The Kier molecular flexibility index (Phi) is 7.62. The average molecular weight is 216 g/mol.